The molecule has 0 aliphatic carbocycles. The van der Waals surface area contributed by atoms with Crippen molar-refractivity contribution in [2.75, 3.05) is 47.6 Å². The van der Waals surface area contributed by atoms with Crippen molar-refractivity contribution in [3.8, 4) is 0 Å². The fourth-order valence-electron chi connectivity index (χ4n) is 3.77. The Bertz CT molecular complexity index is 1960. The van der Waals surface area contributed by atoms with Crippen LogP contribution in [0.5, 0.6) is 0 Å². The average Bonchev–Trinajstić information content (AvgIpc) is 2.97. The third-order valence-electron chi connectivity index (χ3n) is 5.62. The van der Waals surface area contributed by atoms with Crippen molar-refractivity contribution in [2.45, 2.75) is 9.79 Å². The van der Waals surface area contributed by atoms with E-state index in [1.54, 1.807) is 0 Å². The fraction of sp³-hybridized carbons (Fsp3) is 0.167. The molecule has 0 amide bonds. The minimum absolute atomic E-state index is 0. The molecule has 2 aromatic carbocycles. The van der Waals surface area contributed by atoms with Gasteiger partial charge in [0.15, 0.2) is 0 Å². The van der Waals surface area contributed by atoms with Gasteiger partial charge >= 0.3 is 70.5 Å². The molecule has 0 saturated carbocycles. The molecule has 0 unspecified atom stereocenters. The molecular weight excluding hydrogens is 698 g/mol. The minimum atomic E-state index is -5.11. The number of aliphatic hydroxyl groups excluding tert-OH is 2. The summed E-state index contributed by atoms with van der Waals surface area (Å²) in [7, 11) is -10.2. The second-order valence-corrected chi connectivity index (χ2v) is 11.6. The molecule has 2 heterocycles. The predicted molar refractivity (Wildman–Crippen MR) is 161 cm³/mol. The maximum Gasteiger partial charge on any atom is 1.00 e. The number of nitrogens with one attached hydrogen (secondary N) is 6. The topological polar surface area (TPSA) is 320 Å². The second-order valence-electron chi connectivity index (χ2n) is 8.95. The van der Waals surface area contributed by atoms with E-state index in [9.17, 15) is 35.5 Å². The van der Waals surface area contributed by atoms with Crippen LogP contribution >= 0.6 is 0 Å². The first kappa shape index (κ1) is 40.9. The van der Waals surface area contributed by atoms with E-state index >= 15 is 0 Å². The van der Waals surface area contributed by atoms with Gasteiger partial charge in [0.2, 0.25) is 23.8 Å². The summed E-state index contributed by atoms with van der Waals surface area (Å²) in [6.45, 7) is -0.438. The molecule has 0 spiro atoms. The summed E-state index contributed by atoms with van der Waals surface area (Å²) >= 11 is 0. The number of aliphatic hydroxyl groups is 2. The Balaban J connectivity index is 0.00000400. The van der Waals surface area contributed by atoms with E-state index in [1.165, 1.54) is 24.3 Å². The summed E-state index contributed by atoms with van der Waals surface area (Å²) in [5, 5.41) is 28.3. The van der Waals surface area contributed by atoms with Crippen LogP contribution in [0.15, 0.2) is 55.8 Å². The maximum atomic E-state index is 12.1. The zero-order chi connectivity index (χ0) is 33.5. The van der Waals surface area contributed by atoms with Gasteiger partial charge in [0.1, 0.15) is 20.2 Å². The molecule has 0 radical (unpaired) electrons. The van der Waals surface area contributed by atoms with Crippen molar-refractivity contribution < 1.29 is 95.3 Å². The first-order valence-electron chi connectivity index (χ1n) is 12.8. The molecule has 244 valence electrons. The number of anilines is 6. The van der Waals surface area contributed by atoms with Gasteiger partial charge in [0.05, 0.1) is 23.0 Å². The standard InChI is InChI=1S/C24H26N10O10S2.2Na/c35-9-7-25-19-29-21(33-23(37)31-19)27-15-5-3-13(17(11-15)45(39,40)41)1-2-14-4-6-16(12-18(14)46(42,43)44)28-22-30-20(26-8-10-36)32-24(38)34-22;;/h1-6,11-12,35-36H,7-10H2,(H,39,40,41)(H,42,43,44)(H3,25,27,29,31,33,37)(H3,26,28,30,32,34,38);;/q;2*+1/p-2. The summed E-state index contributed by atoms with van der Waals surface area (Å²) in [6.07, 6.45) is 2.21. The summed E-state index contributed by atoms with van der Waals surface area (Å²) in [5.41, 5.74) is -1.93. The largest absolute Gasteiger partial charge is 1.00 e. The van der Waals surface area contributed by atoms with Crippen LogP contribution in [0.3, 0.4) is 0 Å². The van der Waals surface area contributed by atoms with E-state index in [4.69, 9.17) is 10.2 Å². The number of hydrogen-bond donors (Lipinski definition) is 8. The molecule has 24 heteroatoms. The smallest absolute Gasteiger partial charge is 0.744 e. The van der Waals surface area contributed by atoms with Gasteiger partial charge < -0.3 is 40.6 Å². The number of nitrogens with zero attached hydrogens (tertiary/aromatic N) is 4. The molecule has 20 nitrogen and oxygen atoms in total. The summed E-state index contributed by atoms with van der Waals surface area (Å²) in [6, 6.07) is 6.99. The van der Waals surface area contributed by atoms with Crippen LogP contribution in [0.25, 0.3) is 12.2 Å². The normalized spacial score (nSPS) is 11.3. The second kappa shape index (κ2) is 17.9. The first-order valence-corrected chi connectivity index (χ1v) is 15.6. The SMILES string of the molecule is O=c1nc(NCCO)nc(Nc2ccc(C=Cc3ccc(Nc4nc(NCCO)nc(=O)[nH]4)cc3S(=O)(=O)[O-])c(S(=O)(=O)[O-])c2)[nH]1.[Na+].[Na+]. The third kappa shape index (κ3) is 11.7. The summed E-state index contributed by atoms with van der Waals surface area (Å²) < 4.78 is 72.6. The minimum Gasteiger partial charge on any atom is -0.744 e. The van der Waals surface area contributed by atoms with Gasteiger partial charge in [-0.1, -0.05) is 24.3 Å². The van der Waals surface area contributed by atoms with Gasteiger partial charge in [-0.05, 0) is 35.4 Å². The first-order chi connectivity index (χ1) is 21.7. The van der Waals surface area contributed by atoms with E-state index < -0.39 is 41.4 Å². The van der Waals surface area contributed by atoms with Gasteiger partial charge in [-0.2, -0.15) is 19.9 Å². The molecule has 2 aromatic heterocycles. The molecule has 0 atom stereocenters. The van der Waals surface area contributed by atoms with Crippen LogP contribution < -0.4 is 91.8 Å². The van der Waals surface area contributed by atoms with E-state index in [-0.39, 0.29) is 132 Å². The monoisotopic (exact) mass is 722 g/mol. The van der Waals surface area contributed by atoms with Gasteiger partial charge in [0, 0.05) is 24.5 Å². The van der Waals surface area contributed by atoms with Gasteiger partial charge in [-0.15, -0.1) is 0 Å². The fourth-order valence-corrected chi connectivity index (χ4v) is 5.16. The quantitative estimate of drug-likeness (QED) is 0.0340. The van der Waals surface area contributed by atoms with Crippen LogP contribution in [-0.4, -0.2) is 92.4 Å². The maximum absolute atomic E-state index is 12.1. The zero-order valence-electron chi connectivity index (χ0n) is 25.2. The molecule has 8 N–H and O–H groups in total. The Morgan fingerprint density at radius 1 is 0.667 bits per heavy atom. The van der Waals surface area contributed by atoms with Crippen LogP contribution in [0.4, 0.5) is 35.2 Å². The number of H-pyrrole nitrogens is 2. The molecule has 0 aliphatic heterocycles. The van der Waals surface area contributed by atoms with Crippen molar-refractivity contribution in [3.05, 3.63) is 68.5 Å². The molecule has 0 saturated heterocycles. The van der Waals surface area contributed by atoms with Crippen LogP contribution in [0, 0.1) is 0 Å². The van der Waals surface area contributed by atoms with E-state index in [2.05, 4.69) is 51.2 Å². The van der Waals surface area contributed by atoms with Crippen LogP contribution in [0.2, 0.25) is 0 Å². The number of rotatable bonds is 14. The molecule has 0 fully saturated rings. The Morgan fingerprint density at radius 2 is 1.04 bits per heavy atom. The molecule has 0 bridgehead atoms. The van der Waals surface area contributed by atoms with Crippen LogP contribution in [0.1, 0.15) is 11.1 Å². The number of aromatic amines is 2. The van der Waals surface area contributed by atoms with Crippen LogP contribution in [-0.2, 0) is 20.2 Å². The average molecular weight is 723 g/mol. The van der Waals surface area contributed by atoms with E-state index in [0.29, 0.717) is 0 Å². The van der Waals surface area contributed by atoms with Crippen molar-refractivity contribution in [1.29, 1.82) is 0 Å². The Morgan fingerprint density at radius 3 is 1.38 bits per heavy atom. The number of aromatic nitrogens is 6. The Hall–Kier alpha value is -3.26. The molecular formula is C24H24N10Na2O10S2. The van der Waals surface area contributed by atoms with E-state index in [1.807, 2.05) is 0 Å². The number of benzene rings is 2. The van der Waals surface area contributed by atoms with Gasteiger partial charge in [0.25, 0.3) is 0 Å². The molecule has 48 heavy (non-hydrogen) atoms. The summed E-state index contributed by atoms with van der Waals surface area (Å²) in [5.74, 6) is -0.597. The Labute approximate surface area is 316 Å². The van der Waals surface area contributed by atoms with Crippen molar-refractivity contribution in [1.82, 2.24) is 29.9 Å². The zero-order valence-corrected chi connectivity index (χ0v) is 30.8. The van der Waals surface area contributed by atoms with Crippen molar-refractivity contribution in [3.63, 3.8) is 0 Å². The summed E-state index contributed by atoms with van der Waals surface area (Å²) in [4.78, 5) is 41.9. The third-order valence-corrected chi connectivity index (χ3v) is 7.41. The molecule has 4 aromatic rings. The van der Waals surface area contributed by atoms with Gasteiger partial charge in [-0.25, -0.2) is 26.4 Å². The number of hydrogen-bond acceptors (Lipinski definition) is 18. The van der Waals surface area contributed by atoms with Gasteiger partial charge in [-0.3, -0.25) is 9.97 Å². The Kier molecular flexibility index (Phi) is 15.3. The van der Waals surface area contributed by atoms with Crippen molar-refractivity contribution in [2.24, 2.45) is 0 Å². The molecule has 0 aliphatic rings. The van der Waals surface area contributed by atoms with Crippen molar-refractivity contribution >= 4 is 67.6 Å². The molecule has 4 rings (SSSR count). The van der Waals surface area contributed by atoms with E-state index in [0.717, 1.165) is 24.3 Å². The predicted octanol–water partition coefficient (Wildman–Crippen LogP) is -7.07.